The molecule has 0 amide bonds. The Morgan fingerprint density at radius 1 is 0.786 bits per heavy atom. The number of phenols is 1. The Hall–Kier alpha value is -2.57. The molecule has 0 radical (unpaired) electrons. The van der Waals surface area contributed by atoms with Crippen molar-refractivity contribution in [3.8, 4) is 11.4 Å². The number of aromatic nitrogens is 3. The molecule has 1 N–H and O–H groups in total. The molecular formula is C21H24F3N3O. The molecule has 3 rings (SSSR count). The van der Waals surface area contributed by atoms with E-state index < -0.39 is 11.7 Å². The fourth-order valence-electron chi connectivity index (χ4n) is 2.97. The molecule has 0 aliphatic carbocycles. The summed E-state index contributed by atoms with van der Waals surface area (Å²) in [4.78, 5) is 1.21. The molecule has 150 valence electrons. The zero-order valence-corrected chi connectivity index (χ0v) is 16.8. The number of phenolic OH excluding ortho intramolecular Hbond substituents is 1. The van der Waals surface area contributed by atoms with Crippen molar-refractivity contribution in [1.82, 2.24) is 15.0 Å². The number of benzene rings is 2. The van der Waals surface area contributed by atoms with Crippen molar-refractivity contribution < 1.29 is 18.3 Å². The van der Waals surface area contributed by atoms with Gasteiger partial charge in [-0.15, -0.1) is 15.0 Å². The van der Waals surface area contributed by atoms with Gasteiger partial charge in [-0.3, -0.25) is 0 Å². The second-order valence-electron chi connectivity index (χ2n) is 9.08. The van der Waals surface area contributed by atoms with Crippen LogP contribution in [0.4, 0.5) is 13.2 Å². The predicted molar refractivity (Wildman–Crippen MR) is 103 cm³/mol. The van der Waals surface area contributed by atoms with Crippen LogP contribution in [0.25, 0.3) is 16.7 Å². The second kappa shape index (κ2) is 6.22. The molecule has 0 aliphatic heterocycles. The summed E-state index contributed by atoms with van der Waals surface area (Å²) >= 11 is 0. The van der Waals surface area contributed by atoms with Crippen LogP contribution in [0.5, 0.6) is 5.75 Å². The highest BCUT2D eigenvalue weighted by atomic mass is 19.4. The van der Waals surface area contributed by atoms with Gasteiger partial charge in [0.2, 0.25) is 0 Å². The molecule has 0 saturated heterocycles. The molecule has 0 aliphatic rings. The minimum Gasteiger partial charge on any atom is -0.505 e. The molecule has 1 heterocycles. The highest BCUT2D eigenvalue weighted by molar-refractivity contribution is 5.75. The van der Waals surface area contributed by atoms with Crippen molar-refractivity contribution in [1.29, 1.82) is 0 Å². The average Bonchev–Trinajstić information content (AvgIpc) is 2.94. The molecule has 28 heavy (non-hydrogen) atoms. The number of fused-ring (bicyclic) bond motifs is 1. The van der Waals surface area contributed by atoms with Gasteiger partial charge in [-0.2, -0.15) is 13.2 Å². The number of hydrogen-bond donors (Lipinski definition) is 1. The first-order chi connectivity index (χ1) is 12.7. The zero-order valence-electron chi connectivity index (χ0n) is 16.8. The summed E-state index contributed by atoms with van der Waals surface area (Å²) in [5.41, 5.74) is 1.18. The molecule has 3 aromatic rings. The number of hydrogen-bond acceptors (Lipinski definition) is 3. The summed E-state index contributed by atoms with van der Waals surface area (Å²) in [5, 5.41) is 19.4. The Morgan fingerprint density at radius 3 is 1.93 bits per heavy atom. The lowest BCUT2D eigenvalue weighted by atomic mass is 9.80. The van der Waals surface area contributed by atoms with Crippen LogP contribution in [0.3, 0.4) is 0 Å². The summed E-state index contributed by atoms with van der Waals surface area (Å²) < 4.78 is 38.9. The molecule has 1 aromatic heterocycles. The van der Waals surface area contributed by atoms with E-state index >= 15 is 0 Å². The standard InChI is InChI=1S/C21H24F3N3O/c1-19(2,3)13-9-14(20(4,5)6)18(28)17(11-13)27-25-15-8-7-12(21(22,23)24)10-16(15)26-27/h7-11,28H,1-6H3. The van der Waals surface area contributed by atoms with E-state index in [2.05, 4.69) is 31.0 Å². The number of aromatic hydroxyl groups is 1. The van der Waals surface area contributed by atoms with E-state index in [9.17, 15) is 18.3 Å². The van der Waals surface area contributed by atoms with Crippen molar-refractivity contribution >= 4 is 11.0 Å². The fraction of sp³-hybridized carbons (Fsp3) is 0.429. The van der Waals surface area contributed by atoms with Gasteiger partial charge in [0.15, 0.2) is 0 Å². The van der Waals surface area contributed by atoms with Gasteiger partial charge < -0.3 is 5.11 Å². The summed E-state index contributed by atoms with van der Waals surface area (Å²) in [6, 6.07) is 6.98. The van der Waals surface area contributed by atoms with Crippen molar-refractivity contribution in [2.45, 2.75) is 58.5 Å². The highest BCUT2D eigenvalue weighted by Gasteiger charge is 2.31. The van der Waals surface area contributed by atoms with Crippen LogP contribution in [0.15, 0.2) is 30.3 Å². The topological polar surface area (TPSA) is 50.9 Å². The Balaban J connectivity index is 2.25. The van der Waals surface area contributed by atoms with Crippen molar-refractivity contribution in [3.05, 3.63) is 47.0 Å². The maximum Gasteiger partial charge on any atom is 0.416 e. The minimum atomic E-state index is -4.45. The molecular weight excluding hydrogens is 367 g/mol. The van der Waals surface area contributed by atoms with E-state index in [1.165, 1.54) is 10.9 Å². The Morgan fingerprint density at radius 2 is 1.39 bits per heavy atom. The van der Waals surface area contributed by atoms with Crippen molar-refractivity contribution in [2.75, 3.05) is 0 Å². The normalized spacial score (nSPS) is 13.3. The van der Waals surface area contributed by atoms with Crippen molar-refractivity contribution in [2.24, 2.45) is 0 Å². The fourth-order valence-corrected chi connectivity index (χ4v) is 2.97. The van der Waals surface area contributed by atoms with Crippen LogP contribution < -0.4 is 0 Å². The SMILES string of the molecule is CC(C)(C)c1cc(-n2nc3ccc(C(F)(F)F)cc3n2)c(O)c(C(C)(C)C)c1. The summed E-state index contributed by atoms with van der Waals surface area (Å²) in [7, 11) is 0. The second-order valence-corrected chi connectivity index (χ2v) is 9.08. The van der Waals surface area contributed by atoms with Gasteiger partial charge in [-0.05, 0) is 40.7 Å². The molecule has 0 spiro atoms. The van der Waals surface area contributed by atoms with Crippen molar-refractivity contribution in [3.63, 3.8) is 0 Å². The molecule has 7 heteroatoms. The highest BCUT2D eigenvalue weighted by Crippen LogP contribution is 2.39. The molecule has 0 saturated carbocycles. The number of nitrogens with zero attached hydrogens (tertiary/aromatic N) is 3. The van der Waals surface area contributed by atoms with E-state index in [0.717, 1.165) is 23.3 Å². The van der Waals surface area contributed by atoms with Gasteiger partial charge in [0.1, 0.15) is 22.5 Å². The quantitative estimate of drug-likeness (QED) is 0.575. The minimum absolute atomic E-state index is 0.0249. The van der Waals surface area contributed by atoms with Crippen LogP contribution in [-0.2, 0) is 17.0 Å². The van der Waals surface area contributed by atoms with Crippen LogP contribution in [0.2, 0.25) is 0 Å². The lowest BCUT2D eigenvalue weighted by Gasteiger charge is -2.27. The first-order valence-electron chi connectivity index (χ1n) is 9.00. The van der Waals surface area contributed by atoms with E-state index in [4.69, 9.17) is 0 Å². The number of rotatable bonds is 1. The molecule has 0 fully saturated rings. The number of alkyl halides is 3. The smallest absolute Gasteiger partial charge is 0.416 e. The molecule has 4 nitrogen and oxygen atoms in total. The first kappa shape index (κ1) is 20.2. The van der Waals surface area contributed by atoms with Crippen LogP contribution in [0.1, 0.15) is 58.2 Å². The Labute approximate surface area is 162 Å². The third kappa shape index (κ3) is 3.70. The summed E-state index contributed by atoms with van der Waals surface area (Å²) in [6.45, 7) is 12.1. The van der Waals surface area contributed by atoms with Gasteiger partial charge in [0, 0.05) is 5.56 Å². The Bertz CT molecular complexity index is 1040. The van der Waals surface area contributed by atoms with Crippen LogP contribution in [-0.4, -0.2) is 20.1 Å². The predicted octanol–water partition coefficient (Wildman–Crippen LogP) is 5.74. The van der Waals surface area contributed by atoms with E-state index in [-0.39, 0.29) is 22.1 Å². The lowest BCUT2D eigenvalue weighted by molar-refractivity contribution is -0.137. The van der Waals surface area contributed by atoms with E-state index in [1.807, 2.05) is 26.8 Å². The largest absolute Gasteiger partial charge is 0.505 e. The van der Waals surface area contributed by atoms with Gasteiger partial charge in [-0.25, -0.2) is 0 Å². The Kier molecular flexibility index (Phi) is 4.48. The molecule has 2 aromatic carbocycles. The third-order valence-corrected chi connectivity index (χ3v) is 4.69. The monoisotopic (exact) mass is 391 g/mol. The molecule has 0 unspecified atom stereocenters. The maximum absolute atomic E-state index is 13.0. The van der Waals surface area contributed by atoms with E-state index in [1.54, 1.807) is 6.07 Å². The maximum atomic E-state index is 13.0. The van der Waals surface area contributed by atoms with Gasteiger partial charge in [0.25, 0.3) is 0 Å². The van der Waals surface area contributed by atoms with Gasteiger partial charge >= 0.3 is 6.18 Å². The van der Waals surface area contributed by atoms with Gasteiger partial charge in [-0.1, -0.05) is 47.6 Å². The third-order valence-electron chi connectivity index (χ3n) is 4.69. The lowest BCUT2D eigenvalue weighted by Crippen LogP contribution is -2.18. The van der Waals surface area contributed by atoms with Crippen LogP contribution in [0, 0.1) is 0 Å². The summed E-state index contributed by atoms with van der Waals surface area (Å²) in [5.74, 6) is 0.0249. The average molecular weight is 391 g/mol. The molecule has 0 bridgehead atoms. The van der Waals surface area contributed by atoms with E-state index in [0.29, 0.717) is 11.2 Å². The number of halogens is 3. The first-order valence-corrected chi connectivity index (χ1v) is 9.00. The van der Waals surface area contributed by atoms with Gasteiger partial charge in [0.05, 0.1) is 5.56 Å². The van der Waals surface area contributed by atoms with Crippen LogP contribution >= 0.6 is 0 Å². The molecule has 0 atom stereocenters. The summed E-state index contributed by atoms with van der Waals surface area (Å²) in [6.07, 6.45) is -4.45. The zero-order chi connectivity index (χ0) is 21.1.